The number of carboxylic acid groups (broad SMARTS) is 1. The van der Waals surface area contributed by atoms with Crippen molar-refractivity contribution in [2.24, 2.45) is 5.92 Å². The van der Waals surface area contributed by atoms with Crippen molar-refractivity contribution in [1.82, 2.24) is 15.0 Å². The maximum Gasteiger partial charge on any atom is 0.395 e. The van der Waals surface area contributed by atoms with Crippen molar-refractivity contribution in [3.63, 3.8) is 0 Å². The molecule has 0 spiro atoms. The average molecular weight is 491 g/mol. The number of halogens is 4. The van der Waals surface area contributed by atoms with Gasteiger partial charge in [0.1, 0.15) is 11.2 Å². The fourth-order valence-corrected chi connectivity index (χ4v) is 3.98. The van der Waals surface area contributed by atoms with E-state index in [-0.39, 0.29) is 41.1 Å². The molecule has 1 aromatic carbocycles. The van der Waals surface area contributed by atoms with Crippen LogP contribution < -0.4 is 10.2 Å². The molecule has 0 amide bonds. The highest BCUT2D eigenvalue weighted by molar-refractivity contribution is 6.29. The molecule has 2 N–H and O–H groups in total. The minimum Gasteiger partial charge on any atom is -0.476 e. The second-order valence-corrected chi connectivity index (χ2v) is 8.46. The second kappa shape index (κ2) is 8.61. The van der Waals surface area contributed by atoms with Crippen LogP contribution in [0, 0.1) is 24.2 Å². The van der Waals surface area contributed by atoms with E-state index in [4.69, 9.17) is 11.6 Å². The molecule has 4 rings (SSSR count). The number of aromatic carboxylic acids is 1. The standard InChI is InChI=1S/C22H18ClF3N6O2/c1-10-5-13(11(2)28-14-3-4-17(23)30-19(14)21(33)34)18-15(6-10)29-16(7-27)20(31-18)32-8-12(9-32)22(24,25)26/h3-6,11-12,28H,8-9H2,1-2H3,(H,33,34)/t11-/m1/s1. The Morgan fingerprint density at radius 2 is 2.00 bits per heavy atom. The summed E-state index contributed by atoms with van der Waals surface area (Å²) in [5.41, 5.74) is 2.17. The fraction of sp³-hybridized carbons (Fsp3) is 0.318. The predicted molar refractivity (Wildman–Crippen MR) is 119 cm³/mol. The van der Waals surface area contributed by atoms with Crippen LogP contribution in [-0.4, -0.2) is 45.3 Å². The van der Waals surface area contributed by atoms with Gasteiger partial charge in [-0.1, -0.05) is 17.7 Å². The van der Waals surface area contributed by atoms with Gasteiger partial charge in [0, 0.05) is 18.7 Å². The predicted octanol–water partition coefficient (Wildman–Crippen LogP) is 4.73. The van der Waals surface area contributed by atoms with Gasteiger partial charge < -0.3 is 15.3 Å². The number of hydrogen-bond donors (Lipinski definition) is 2. The number of anilines is 2. The molecule has 0 radical (unpaired) electrons. The first kappa shape index (κ1) is 23.5. The Hall–Kier alpha value is -3.65. The van der Waals surface area contributed by atoms with Crippen LogP contribution in [-0.2, 0) is 0 Å². The largest absolute Gasteiger partial charge is 0.476 e. The normalized spacial score (nSPS) is 15.0. The van der Waals surface area contributed by atoms with Gasteiger partial charge in [0.15, 0.2) is 17.2 Å². The number of nitriles is 1. The summed E-state index contributed by atoms with van der Waals surface area (Å²) < 4.78 is 38.9. The number of pyridine rings is 1. The lowest BCUT2D eigenvalue weighted by molar-refractivity contribution is -0.180. The lowest BCUT2D eigenvalue weighted by atomic mass is 9.99. The van der Waals surface area contributed by atoms with E-state index in [9.17, 15) is 28.3 Å². The number of carboxylic acids is 1. The topological polar surface area (TPSA) is 115 Å². The van der Waals surface area contributed by atoms with Gasteiger partial charge in [-0.15, -0.1) is 0 Å². The molecule has 3 heterocycles. The van der Waals surface area contributed by atoms with E-state index in [0.717, 1.165) is 5.56 Å². The van der Waals surface area contributed by atoms with Gasteiger partial charge in [-0.25, -0.2) is 19.7 Å². The van der Waals surface area contributed by atoms with Crippen LogP contribution in [0.25, 0.3) is 11.0 Å². The molecule has 1 atom stereocenters. The number of alkyl halides is 3. The van der Waals surface area contributed by atoms with E-state index in [2.05, 4.69) is 20.3 Å². The SMILES string of the molecule is Cc1cc([C@@H](C)Nc2ccc(Cl)nc2C(=O)O)c2nc(N3CC(C(F)(F)F)C3)c(C#N)nc2c1. The summed E-state index contributed by atoms with van der Waals surface area (Å²) in [6, 6.07) is 7.94. The molecule has 1 saturated heterocycles. The summed E-state index contributed by atoms with van der Waals surface area (Å²) in [6.45, 7) is 3.00. The maximum atomic E-state index is 13.0. The van der Waals surface area contributed by atoms with Crippen molar-refractivity contribution >= 4 is 40.1 Å². The van der Waals surface area contributed by atoms with Gasteiger partial charge in [-0.2, -0.15) is 18.4 Å². The zero-order chi connectivity index (χ0) is 24.8. The van der Waals surface area contributed by atoms with Crippen LogP contribution >= 0.6 is 11.6 Å². The third kappa shape index (κ3) is 4.41. The lowest BCUT2D eigenvalue weighted by Crippen LogP contribution is -2.54. The van der Waals surface area contributed by atoms with E-state index in [1.807, 2.05) is 19.1 Å². The van der Waals surface area contributed by atoms with Crippen molar-refractivity contribution < 1.29 is 23.1 Å². The van der Waals surface area contributed by atoms with Gasteiger partial charge in [-0.3, -0.25) is 0 Å². The zero-order valence-corrected chi connectivity index (χ0v) is 18.7. The summed E-state index contributed by atoms with van der Waals surface area (Å²) in [5.74, 6) is -2.65. The molecule has 0 unspecified atom stereocenters. The Bertz CT molecular complexity index is 1330. The maximum absolute atomic E-state index is 13.0. The molecule has 8 nitrogen and oxygen atoms in total. The monoisotopic (exact) mass is 490 g/mol. The Labute approximate surface area is 197 Å². The molecule has 0 bridgehead atoms. The lowest BCUT2D eigenvalue weighted by Gasteiger charge is -2.41. The van der Waals surface area contributed by atoms with E-state index in [0.29, 0.717) is 16.6 Å². The Balaban J connectivity index is 1.75. The van der Waals surface area contributed by atoms with Gasteiger partial charge in [0.2, 0.25) is 0 Å². The zero-order valence-electron chi connectivity index (χ0n) is 18.0. The van der Waals surface area contributed by atoms with Crippen LogP contribution in [0.4, 0.5) is 24.7 Å². The molecule has 1 aliphatic rings. The molecule has 1 aliphatic heterocycles. The van der Waals surface area contributed by atoms with E-state index >= 15 is 0 Å². The average Bonchev–Trinajstić information content (AvgIpc) is 2.71. The number of nitrogens with zero attached hydrogens (tertiary/aromatic N) is 5. The van der Waals surface area contributed by atoms with Crippen molar-refractivity contribution in [2.75, 3.05) is 23.3 Å². The Kier molecular flexibility index (Phi) is 5.95. The van der Waals surface area contributed by atoms with Crippen molar-refractivity contribution in [1.29, 1.82) is 5.26 Å². The summed E-state index contributed by atoms with van der Waals surface area (Å²) in [5, 5.41) is 22.1. The molecule has 0 saturated carbocycles. The van der Waals surface area contributed by atoms with E-state index in [1.165, 1.54) is 17.0 Å². The molecule has 0 aliphatic carbocycles. The Morgan fingerprint density at radius 1 is 1.29 bits per heavy atom. The fourth-order valence-electron chi connectivity index (χ4n) is 3.83. The third-order valence-corrected chi connectivity index (χ3v) is 5.79. The molecule has 1 fully saturated rings. The van der Waals surface area contributed by atoms with Gasteiger partial charge in [-0.05, 0) is 37.6 Å². The Morgan fingerprint density at radius 3 is 2.62 bits per heavy atom. The molecule has 34 heavy (non-hydrogen) atoms. The molecule has 176 valence electrons. The summed E-state index contributed by atoms with van der Waals surface area (Å²) in [6.07, 6.45) is -4.32. The molecule has 12 heteroatoms. The molecule has 2 aromatic heterocycles. The minimum atomic E-state index is -4.32. The number of aromatic nitrogens is 3. The number of aryl methyl sites for hydroxylation is 1. The molecular weight excluding hydrogens is 473 g/mol. The first-order chi connectivity index (χ1) is 16.0. The highest BCUT2D eigenvalue weighted by Gasteiger charge is 2.48. The van der Waals surface area contributed by atoms with Crippen LogP contribution in [0.2, 0.25) is 5.15 Å². The van der Waals surface area contributed by atoms with E-state index in [1.54, 1.807) is 13.0 Å². The van der Waals surface area contributed by atoms with Crippen LogP contribution in [0.15, 0.2) is 24.3 Å². The number of carbonyl (C=O) groups is 1. The highest BCUT2D eigenvalue weighted by atomic mass is 35.5. The summed E-state index contributed by atoms with van der Waals surface area (Å²) in [7, 11) is 0. The second-order valence-electron chi connectivity index (χ2n) is 8.07. The minimum absolute atomic E-state index is 0.0304. The number of rotatable bonds is 5. The van der Waals surface area contributed by atoms with E-state index < -0.39 is 24.1 Å². The first-order valence-corrected chi connectivity index (χ1v) is 10.6. The smallest absolute Gasteiger partial charge is 0.395 e. The van der Waals surface area contributed by atoms with Crippen molar-refractivity contribution in [3.05, 3.63) is 51.9 Å². The summed E-state index contributed by atoms with van der Waals surface area (Å²) in [4.78, 5) is 25.7. The number of fused-ring (bicyclic) bond motifs is 1. The van der Waals surface area contributed by atoms with Gasteiger partial charge >= 0.3 is 12.1 Å². The van der Waals surface area contributed by atoms with Crippen LogP contribution in [0.1, 0.15) is 40.3 Å². The molecule has 3 aromatic rings. The quantitative estimate of drug-likeness (QED) is 0.493. The van der Waals surface area contributed by atoms with Gasteiger partial charge in [0.05, 0.1) is 28.7 Å². The number of hydrogen-bond acceptors (Lipinski definition) is 7. The third-order valence-electron chi connectivity index (χ3n) is 5.58. The number of benzene rings is 1. The first-order valence-electron chi connectivity index (χ1n) is 10.2. The van der Waals surface area contributed by atoms with Crippen LogP contribution in [0.3, 0.4) is 0 Å². The summed E-state index contributed by atoms with van der Waals surface area (Å²) >= 11 is 5.82. The van der Waals surface area contributed by atoms with Gasteiger partial charge in [0.25, 0.3) is 0 Å². The van der Waals surface area contributed by atoms with Crippen LogP contribution in [0.5, 0.6) is 0 Å². The number of nitrogens with one attached hydrogen (secondary N) is 1. The van der Waals surface area contributed by atoms with Crippen molar-refractivity contribution in [3.8, 4) is 6.07 Å². The highest BCUT2D eigenvalue weighted by Crippen LogP contribution is 2.37. The van der Waals surface area contributed by atoms with Crippen molar-refractivity contribution in [2.45, 2.75) is 26.1 Å². The molecular formula is C22H18ClF3N6O2.